The predicted molar refractivity (Wildman–Crippen MR) is 173 cm³/mol. The van der Waals surface area contributed by atoms with Crippen molar-refractivity contribution in [2.24, 2.45) is 0 Å². The van der Waals surface area contributed by atoms with Crippen LogP contribution in [0.15, 0.2) is 66.3 Å². The zero-order valence-corrected chi connectivity index (χ0v) is 27.4. The van der Waals surface area contributed by atoms with Crippen LogP contribution in [-0.4, -0.2) is 66.6 Å². The first kappa shape index (κ1) is 38.7. The van der Waals surface area contributed by atoms with Crippen molar-refractivity contribution in [1.29, 1.82) is 0 Å². The van der Waals surface area contributed by atoms with Gasteiger partial charge in [0.2, 0.25) is 6.41 Å². The standard InChI is InChI=1S/C35H51NO8/c1-8-11-27(12-9-23-41-24-10-13-32(39)43-34(2,3)4)14-18-29(37)26-30(38)19-15-28-16-20-31(21-17-28)42-25-22-36-33(40)44-35(5,6)7/h9,11-12,14-21,33,36,40H,8,10,13,22-26H2,1-7H3/b12-9-,18-14+,19-15+,27-11+. The molecular formula is C35H51NO8. The molecule has 0 aromatic heterocycles. The van der Waals surface area contributed by atoms with Crippen molar-refractivity contribution in [3.05, 3.63) is 71.9 Å². The second-order valence-electron chi connectivity index (χ2n) is 12.0. The van der Waals surface area contributed by atoms with Gasteiger partial charge < -0.3 is 24.1 Å². The first-order chi connectivity index (χ1) is 20.7. The van der Waals surface area contributed by atoms with Gasteiger partial charge >= 0.3 is 5.97 Å². The van der Waals surface area contributed by atoms with E-state index in [2.05, 4.69) is 5.32 Å². The molecule has 0 bridgehead atoms. The van der Waals surface area contributed by atoms with E-state index in [1.54, 1.807) is 24.3 Å². The van der Waals surface area contributed by atoms with E-state index in [1.165, 1.54) is 12.2 Å². The Balaban J connectivity index is 2.39. The first-order valence-corrected chi connectivity index (χ1v) is 15.1. The lowest BCUT2D eigenvalue weighted by Crippen LogP contribution is -2.39. The zero-order chi connectivity index (χ0) is 33.0. The smallest absolute Gasteiger partial charge is 0.306 e. The molecule has 244 valence electrons. The Kier molecular flexibility index (Phi) is 18.1. The molecule has 0 aliphatic carbocycles. The SMILES string of the molecule is CC/C=C(\C=C/COCCCC(=O)OC(C)(C)C)/C=C/C(=O)CC(=O)/C=C/c1ccc(OCCNC(O)OC(C)(C)C)cc1. The Morgan fingerprint density at radius 2 is 1.59 bits per heavy atom. The minimum atomic E-state index is -1.07. The molecule has 0 amide bonds. The van der Waals surface area contributed by atoms with Crippen LogP contribution in [0, 0.1) is 0 Å². The molecular weight excluding hydrogens is 562 g/mol. The summed E-state index contributed by atoms with van der Waals surface area (Å²) in [5.41, 5.74) is 0.694. The Labute approximate surface area is 263 Å². The molecule has 9 heteroatoms. The second kappa shape index (κ2) is 20.6. The minimum Gasteiger partial charge on any atom is -0.492 e. The fraction of sp³-hybridized carbons (Fsp3) is 0.514. The lowest BCUT2D eigenvalue weighted by molar-refractivity contribution is -0.181. The normalized spacial score (nSPS) is 13.6. The molecule has 0 aliphatic rings. The number of carbonyl (C=O) groups excluding carboxylic acids is 3. The number of allylic oxidation sites excluding steroid dienone is 6. The molecule has 1 atom stereocenters. The number of hydrogen-bond donors (Lipinski definition) is 2. The summed E-state index contributed by atoms with van der Waals surface area (Å²) in [6.45, 7) is 14.6. The second-order valence-corrected chi connectivity index (χ2v) is 12.0. The largest absolute Gasteiger partial charge is 0.492 e. The van der Waals surface area contributed by atoms with Gasteiger partial charge in [0.05, 0.1) is 18.6 Å². The van der Waals surface area contributed by atoms with E-state index in [0.29, 0.717) is 45.0 Å². The zero-order valence-electron chi connectivity index (χ0n) is 27.4. The van der Waals surface area contributed by atoms with Crippen molar-refractivity contribution in [2.45, 2.75) is 91.8 Å². The van der Waals surface area contributed by atoms with E-state index in [-0.39, 0.29) is 24.0 Å². The van der Waals surface area contributed by atoms with E-state index < -0.39 is 17.6 Å². The summed E-state index contributed by atoms with van der Waals surface area (Å²) in [7, 11) is 0. The van der Waals surface area contributed by atoms with Gasteiger partial charge in [-0.2, -0.15) is 0 Å². The molecule has 0 fully saturated rings. The third kappa shape index (κ3) is 21.3. The maximum absolute atomic E-state index is 12.3. The van der Waals surface area contributed by atoms with Gasteiger partial charge in [0, 0.05) is 19.6 Å². The third-order valence-corrected chi connectivity index (χ3v) is 5.36. The number of carbonyl (C=O) groups is 3. The summed E-state index contributed by atoms with van der Waals surface area (Å²) >= 11 is 0. The van der Waals surface area contributed by atoms with Gasteiger partial charge in [-0.05, 0) is 89.8 Å². The van der Waals surface area contributed by atoms with Crippen molar-refractivity contribution in [3.63, 3.8) is 0 Å². The van der Waals surface area contributed by atoms with Crippen LogP contribution in [0.4, 0.5) is 0 Å². The van der Waals surface area contributed by atoms with Crippen LogP contribution in [0.2, 0.25) is 0 Å². The molecule has 2 N–H and O–H groups in total. The summed E-state index contributed by atoms with van der Waals surface area (Å²) in [4.78, 5) is 36.4. The topological polar surface area (TPSA) is 120 Å². The molecule has 0 saturated heterocycles. The van der Waals surface area contributed by atoms with Crippen LogP contribution in [0.1, 0.15) is 79.7 Å². The molecule has 0 aliphatic heterocycles. The van der Waals surface area contributed by atoms with Gasteiger partial charge in [-0.15, -0.1) is 0 Å². The van der Waals surface area contributed by atoms with Crippen molar-refractivity contribution in [2.75, 3.05) is 26.4 Å². The molecule has 1 unspecified atom stereocenters. The van der Waals surface area contributed by atoms with E-state index in [0.717, 1.165) is 17.6 Å². The van der Waals surface area contributed by atoms with Crippen molar-refractivity contribution < 1.29 is 38.4 Å². The van der Waals surface area contributed by atoms with Crippen molar-refractivity contribution in [1.82, 2.24) is 5.32 Å². The number of esters is 1. The van der Waals surface area contributed by atoms with Gasteiger partial charge in [-0.25, -0.2) is 0 Å². The van der Waals surface area contributed by atoms with Crippen LogP contribution < -0.4 is 10.1 Å². The highest BCUT2D eigenvalue weighted by Gasteiger charge is 2.16. The summed E-state index contributed by atoms with van der Waals surface area (Å²) in [5, 5.41) is 12.6. The van der Waals surface area contributed by atoms with Crippen LogP contribution in [-0.2, 0) is 28.6 Å². The number of ether oxygens (including phenoxy) is 4. The number of hydrogen-bond acceptors (Lipinski definition) is 9. The average Bonchev–Trinajstić information content (AvgIpc) is 2.91. The summed E-state index contributed by atoms with van der Waals surface area (Å²) in [6, 6.07) is 7.18. The molecule has 44 heavy (non-hydrogen) atoms. The number of aliphatic hydroxyl groups is 1. The van der Waals surface area contributed by atoms with Gasteiger partial charge in [-0.3, -0.25) is 19.7 Å². The minimum absolute atomic E-state index is 0.226. The maximum atomic E-state index is 12.3. The molecule has 1 rings (SSSR count). The van der Waals surface area contributed by atoms with Crippen LogP contribution in [0.25, 0.3) is 6.08 Å². The number of aliphatic hydroxyl groups excluding tert-OH is 1. The molecule has 9 nitrogen and oxygen atoms in total. The lowest BCUT2D eigenvalue weighted by atomic mass is 10.1. The summed E-state index contributed by atoms with van der Waals surface area (Å²) < 4.78 is 21.8. The first-order valence-electron chi connectivity index (χ1n) is 15.1. The van der Waals surface area contributed by atoms with Crippen LogP contribution in [0.5, 0.6) is 5.75 Å². The number of rotatable bonds is 20. The molecule has 1 aromatic carbocycles. The van der Waals surface area contributed by atoms with E-state index in [9.17, 15) is 19.5 Å². The highest BCUT2D eigenvalue weighted by Crippen LogP contribution is 2.14. The van der Waals surface area contributed by atoms with Crippen molar-refractivity contribution >= 4 is 23.6 Å². The van der Waals surface area contributed by atoms with Crippen molar-refractivity contribution in [3.8, 4) is 5.75 Å². The number of benzene rings is 1. The van der Waals surface area contributed by atoms with Gasteiger partial charge in [0.15, 0.2) is 11.6 Å². The monoisotopic (exact) mass is 613 g/mol. The molecule has 0 spiro atoms. The summed E-state index contributed by atoms with van der Waals surface area (Å²) in [5.74, 6) is -0.169. The Morgan fingerprint density at radius 3 is 2.23 bits per heavy atom. The van der Waals surface area contributed by atoms with Crippen LogP contribution in [0.3, 0.4) is 0 Å². The number of nitrogens with one attached hydrogen (secondary N) is 1. The van der Waals surface area contributed by atoms with Gasteiger partial charge in [-0.1, -0.05) is 49.4 Å². The van der Waals surface area contributed by atoms with Gasteiger partial charge in [0.1, 0.15) is 18.0 Å². The maximum Gasteiger partial charge on any atom is 0.306 e. The molecule has 0 radical (unpaired) electrons. The van der Waals surface area contributed by atoms with E-state index in [4.69, 9.17) is 18.9 Å². The fourth-order valence-electron chi connectivity index (χ4n) is 3.54. The van der Waals surface area contributed by atoms with Gasteiger partial charge in [0.25, 0.3) is 0 Å². The third-order valence-electron chi connectivity index (χ3n) is 5.36. The Bertz CT molecular complexity index is 1130. The number of ketones is 2. The van der Waals surface area contributed by atoms with E-state index in [1.807, 2.05) is 78.8 Å². The Morgan fingerprint density at radius 1 is 0.909 bits per heavy atom. The average molecular weight is 614 g/mol. The molecule has 0 heterocycles. The van der Waals surface area contributed by atoms with E-state index >= 15 is 0 Å². The molecule has 1 aromatic rings. The highest BCUT2D eigenvalue weighted by molar-refractivity contribution is 6.09. The molecule has 0 saturated carbocycles. The quantitative estimate of drug-likeness (QED) is 0.0464. The lowest BCUT2D eigenvalue weighted by Gasteiger charge is -2.24. The van der Waals surface area contributed by atoms with Crippen LogP contribution >= 0.6 is 0 Å². The highest BCUT2D eigenvalue weighted by atomic mass is 16.6. The Hall–Kier alpha value is -3.37. The summed E-state index contributed by atoms with van der Waals surface area (Å²) in [6.07, 6.45) is 12.2. The predicted octanol–water partition coefficient (Wildman–Crippen LogP) is 5.87. The fourth-order valence-corrected chi connectivity index (χ4v) is 3.54.